The van der Waals surface area contributed by atoms with Crippen molar-refractivity contribution >= 4 is 16.6 Å². The first-order valence-corrected chi connectivity index (χ1v) is 8.34. The minimum absolute atomic E-state index is 0.0991. The Morgan fingerprint density at radius 3 is 2.76 bits per heavy atom. The van der Waals surface area contributed by atoms with Gasteiger partial charge in [0.1, 0.15) is 17.8 Å². The van der Waals surface area contributed by atoms with Gasteiger partial charge in [0.2, 0.25) is 0 Å². The van der Waals surface area contributed by atoms with Gasteiger partial charge < -0.3 is 9.80 Å². The minimum atomic E-state index is -0.565. The van der Waals surface area contributed by atoms with Crippen molar-refractivity contribution in [2.24, 2.45) is 0 Å². The van der Waals surface area contributed by atoms with E-state index < -0.39 is 11.6 Å². The molecule has 1 atom stereocenters. The van der Waals surface area contributed by atoms with Gasteiger partial charge in [-0.3, -0.25) is 5.10 Å². The highest BCUT2D eigenvalue weighted by Gasteiger charge is 2.37. The van der Waals surface area contributed by atoms with E-state index in [1.807, 2.05) is 23.2 Å². The smallest absolute Gasteiger partial charge is 0.132 e. The second-order valence-electron chi connectivity index (χ2n) is 6.54. The second kappa shape index (κ2) is 5.31. The average molecular weight is 338 g/mol. The Balaban J connectivity index is 1.63. The van der Waals surface area contributed by atoms with Crippen LogP contribution in [0, 0.1) is 11.6 Å². The molecule has 25 heavy (non-hydrogen) atoms. The summed E-state index contributed by atoms with van der Waals surface area (Å²) in [6, 6.07) is 9.79. The lowest BCUT2D eigenvalue weighted by Gasteiger charge is -2.32. The number of rotatable bonds is 2. The highest BCUT2D eigenvalue weighted by molar-refractivity contribution is 5.79. The third-order valence-corrected chi connectivity index (χ3v) is 4.96. The van der Waals surface area contributed by atoms with Crippen molar-refractivity contribution in [2.45, 2.75) is 19.0 Å². The van der Waals surface area contributed by atoms with E-state index in [1.54, 1.807) is 6.20 Å². The topological polar surface area (TPSA) is 35.2 Å². The van der Waals surface area contributed by atoms with Gasteiger partial charge in [-0.25, -0.2) is 8.78 Å². The van der Waals surface area contributed by atoms with E-state index in [0.717, 1.165) is 41.9 Å². The number of nitrogens with zero attached hydrogens (tertiary/aromatic N) is 3. The summed E-state index contributed by atoms with van der Waals surface area (Å²) < 4.78 is 27.5. The first kappa shape index (κ1) is 14.5. The van der Waals surface area contributed by atoms with Crippen LogP contribution in [0.25, 0.3) is 10.9 Å². The highest BCUT2D eigenvalue weighted by atomic mass is 19.1. The van der Waals surface area contributed by atoms with Crippen molar-refractivity contribution in [1.82, 2.24) is 15.1 Å². The van der Waals surface area contributed by atoms with E-state index in [-0.39, 0.29) is 6.17 Å². The molecule has 1 saturated heterocycles. The number of nitrogens with one attached hydrogen (secondary N) is 1. The monoisotopic (exact) mass is 338 g/mol. The molecule has 0 radical (unpaired) electrons. The van der Waals surface area contributed by atoms with Crippen LogP contribution in [0.4, 0.5) is 14.5 Å². The lowest BCUT2D eigenvalue weighted by molar-refractivity contribution is 0.319. The third kappa shape index (κ3) is 2.28. The van der Waals surface area contributed by atoms with Gasteiger partial charge in [0.25, 0.3) is 0 Å². The Kier molecular flexibility index (Phi) is 3.07. The van der Waals surface area contributed by atoms with Crippen LogP contribution >= 0.6 is 0 Å². The zero-order valence-corrected chi connectivity index (χ0v) is 13.4. The van der Waals surface area contributed by atoms with Gasteiger partial charge in [0, 0.05) is 35.6 Å². The lowest BCUT2D eigenvalue weighted by atomic mass is 10.1. The summed E-state index contributed by atoms with van der Waals surface area (Å²) in [7, 11) is 0. The Labute approximate surface area is 143 Å². The molecule has 2 aromatic carbocycles. The summed E-state index contributed by atoms with van der Waals surface area (Å²) >= 11 is 0. The maximum Gasteiger partial charge on any atom is 0.132 e. The molecule has 2 aliphatic rings. The van der Waals surface area contributed by atoms with Crippen LogP contribution in [0.1, 0.15) is 24.6 Å². The zero-order valence-electron chi connectivity index (χ0n) is 13.4. The molecule has 1 N–H and O–H groups in total. The Morgan fingerprint density at radius 2 is 1.92 bits per heavy atom. The number of allylic oxidation sites excluding steroid dienone is 1. The van der Waals surface area contributed by atoms with Gasteiger partial charge in [0.15, 0.2) is 0 Å². The predicted molar refractivity (Wildman–Crippen MR) is 91.7 cm³/mol. The molecule has 3 aromatic rings. The summed E-state index contributed by atoms with van der Waals surface area (Å²) in [5.74, 6) is -1.13. The van der Waals surface area contributed by atoms with Crippen molar-refractivity contribution in [2.75, 3.05) is 11.4 Å². The zero-order chi connectivity index (χ0) is 17.0. The van der Waals surface area contributed by atoms with E-state index in [2.05, 4.69) is 21.2 Å². The van der Waals surface area contributed by atoms with Crippen LogP contribution in [0.3, 0.4) is 0 Å². The second-order valence-corrected chi connectivity index (χ2v) is 6.54. The molecule has 4 nitrogen and oxygen atoms in total. The fourth-order valence-corrected chi connectivity index (χ4v) is 3.88. The fourth-order valence-electron chi connectivity index (χ4n) is 3.88. The highest BCUT2D eigenvalue weighted by Crippen LogP contribution is 2.43. The molecule has 6 heteroatoms. The van der Waals surface area contributed by atoms with E-state index in [1.165, 1.54) is 17.8 Å². The average Bonchev–Trinajstić information content (AvgIpc) is 3.28. The summed E-state index contributed by atoms with van der Waals surface area (Å²) in [6.07, 6.45) is 5.79. The predicted octanol–water partition coefficient (Wildman–Crippen LogP) is 4.30. The summed E-state index contributed by atoms with van der Waals surface area (Å²) in [5.41, 5.74) is 3.78. The molecule has 1 aromatic heterocycles. The summed E-state index contributed by atoms with van der Waals surface area (Å²) in [4.78, 5) is 4.27. The summed E-state index contributed by atoms with van der Waals surface area (Å²) in [5, 5.41) is 8.05. The molecule has 0 saturated carbocycles. The molecule has 1 fully saturated rings. The lowest BCUT2D eigenvalue weighted by Crippen LogP contribution is -2.30. The standard InChI is InChI=1S/C19H16F2N4/c20-14-7-15(21)9-17(8-14)25-11-16-2-1-5-24(16)19(25)12-3-4-18-13(6-12)10-22-23-18/h3-4,6-11,19H,1-2,5H2,(H,22,23). The van der Waals surface area contributed by atoms with E-state index >= 15 is 0 Å². The molecular weight excluding hydrogens is 322 g/mol. The number of H-pyrrole nitrogens is 1. The maximum absolute atomic E-state index is 13.8. The molecule has 0 amide bonds. The molecule has 2 aliphatic heterocycles. The fraction of sp³-hybridized carbons (Fsp3) is 0.211. The minimum Gasteiger partial charge on any atom is -0.349 e. The van der Waals surface area contributed by atoms with Crippen LogP contribution in [-0.4, -0.2) is 21.6 Å². The molecule has 0 spiro atoms. The molecule has 5 rings (SSSR count). The quantitative estimate of drug-likeness (QED) is 0.757. The maximum atomic E-state index is 13.8. The van der Waals surface area contributed by atoms with Gasteiger partial charge in [-0.1, -0.05) is 6.07 Å². The number of anilines is 1. The molecule has 126 valence electrons. The number of hydrogen-bond donors (Lipinski definition) is 1. The van der Waals surface area contributed by atoms with Crippen molar-refractivity contribution < 1.29 is 8.78 Å². The number of aromatic nitrogens is 2. The van der Waals surface area contributed by atoms with Gasteiger partial charge in [-0.15, -0.1) is 0 Å². The van der Waals surface area contributed by atoms with Crippen LogP contribution in [0.15, 0.2) is 54.5 Å². The Bertz CT molecular complexity index is 974. The molecule has 3 heterocycles. The Morgan fingerprint density at radius 1 is 1.08 bits per heavy atom. The molecule has 1 unspecified atom stereocenters. The van der Waals surface area contributed by atoms with E-state index in [9.17, 15) is 8.78 Å². The van der Waals surface area contributed by atoms with Crippen molar-refractivity contribution in [1.29, 1.82) is 0 Å². The van der Waals surface area contributed by atoms with E-state index in [0.29, 0.717) is 5.69 Å². The number of benzene rings is 2. The molecular formula is C19H16F2N4. The van der Waals surface area contributed by atoms with Gasteiger partial charge in [0.05, 0.1) is 11.7 Å². The SMILES string of the molecule is Fc1cc(F)cc(N2C=C3CCCN3C2c2ccc3[nH]ncc3c2)c1. The third-order valence-electron chi connectivity index (χ3n) is 4.96. The van der Waals surface area contributed by atoms with Crippen molar-refractivity contribution in [3.05, 3.63) is 71.7 Å². The van der Waals surface area contributed by atoms with Crippen LogP contribution in [0.5, 0.6) is 0 Å². The first-order valence-electron chi connectivity index (χ1n) is 8.34. The number of hydrogen-bond acceptors (Lipinski definition) is 3. The number of fused-ring (bicyclic) bond motifs is 2. The normalized spacial score (nSPS) is 19.6. The van der Waals surface area contributed by atoms with Crippen LogP contribution in [0.2, 0.25) is 0 Å². The van der Waals surface area contributed by atoms with Gasteiger partial charge in [-0.2, -0.15) is 5.10 Å². The van der Waals surface area contributed by atoms with Crippen LogP contribution in [-0.2, 0) is 0 Å². The molecule has 0 aliphatic carbocycles. The van der Waals surface area contributed by atoms with E-state index in [4.69, 9.17) is 0 Å². The largest absolute Gasteiger partial charge is 0.349 e. The number of halogens is 2. The Hall–Kier alpha value is -2.89. The molecule has 0 bridgehead atoms. The summed E-state index contributed by atoms with van der Waals surface area (Å²) in [6.45, 7) is 0.939. The van der Waals surface area contributed by atoms with Crippen molar-refractivity contribution in [3.8, 4) is 0 Å². The first-order chi connectivity index (χ1) is 12.2. The van der Waals surface area contributed by atoms with Crippen LogP contribution < -0.4 is 4.90 Å². The van der Waals surface area contributed by atoms with Gasteiger partial charge in [-0.05, 0) is 42.7 Å². The number of aromatic amines is 1. The van der Waals surface area contributed by atoms with Crippen molar-refractivity contribution in [3.63, 3.8) is 0 Å². The van der Waals surface area contributed by atoms with Gasteiger partial charge >= 0.3 is 0 Å².